The number of phenols is 1. The van der Waals surface area contributed by atoms with E-state index in [2.05, 4.69) is 22.1 Å². The van der Waals surface area contributed by atoms with E-state index in [1.165, 1.54) is 34.7 Å². The Bertz CT molecular complexity index is 2130. The number of carbonyl (C=O) groups excluding carboxylic acids is 2. The van der Waals surface area contributed by atoms with E-state index >= 15 is 0 Å². The van der Waals surface area contributed by atoms with Gasteiger partial charge in [0.2, 0.25) is 0 Å². The predicted molar refractivity (Wildman–Crippen MR) is 223 cm³/mol. The third-order valence-corrected chi connectivity index (χ3v) is 11.6. The number of para-hydroxylation sites is 2. The second-order valence-corrected chi connectivity index (χ2v) is 15.7. The van der Waals surface area contributed by atoms with Crippen LogP contribution in [0.25, 0.3) is 20.4 Å². The molecule has 53 heavy (non-hydrogen) atoms. The van der Waals surface area contributed by atoms with Gasteiger partial charge in [-0.2, -0.15) is 0 Å². The van der Waals surface area contributed by atoms with E-state index in [-0.39, 0.29) is 17.3 Å². The molecule has 0 saturated heterocycles. The quantitative estimate of drug-likeness (QED) is 0.107. The van der Waals surface area contributed by atoms with Crippen molar-refractivity contribution in [2.24, 2.45) is 0 Å². The Hall–Kier alpha value is -3.81. The van der Waals surface area contributed by atoms with Gasteiger partial charge >= 0.3 is 0 Å². The number of ketones is 2. The van der Waals surface area contributed by atoms with Crippen molar-refractivity contribution in [3.8, 4) is 28.2 Å². The first kappa shape index (κ1) is 41.9. The van der Waals surface area contributed by atoms with E-state index in [1.807, 2.05) is 68.8 Å². The van der Waals surface area contributed by atoms with E-state index in [1.54, 1.807) is 48.8 Å². The summed E-state index contributed by atoms with van der Waals surface area (Å²) in [5.74, 6) is 2.38. The zero-order chi connectivity index (χ0) is 38.3. The number of aromatic nitrogens is 2. The molecule has 0 amide bonds. The lowest BCUT2D eigenvalue weighted by Gasteiger charge is -2.10. The molecule has 6 rings (SSSR count). The fraction of sp³-hybridized carbons (Fsp3) is 0.300. The molecule has 6 aromatic rings. The molecule has 2 heterocycles. The van der Waals surface area contributed by atoms with Crippen LogP contribution < -0.4 is 14.2 Å². The summed E-state index contributed by atoms with van der Waals surface area (Å²) in [4.78, 5) is 33.8. The number of phenolic OH excluding ortho intramolecular Hbond substituents is 1. The molecule has 13 heteroatoms. The highest BCUT2D eigenvalue weighted by Gasteiger charge is 2.13. The molecule has 2 aromatic heterocycles. The Labute approximate surface area is 332 Å². The van der Waals surface area contributed by atoms with Gasteiger partial charge in [0, 0.05) is 35.5 Å². The molecule has 0 atom stereocenters. The minimum absolute atomic E-state index is 0.128. The number of carbonyl (C=O) groups is 2. The zero-order valence-electron chi connectivity index (χ0n) is 30.6. The number of methoxy groups -OCH3 is 2. The van der Waals surface area contributed by atoms with Crippen LogP contribution >= 0.6 is 57.8 Å². The first-order valence-corrected chi connectivity index (χ1v) is 21.3. The van der Waals surface area contributed by atoms with Crippen molar-refractivity contribution in [1.29, 1.82) is 0 Å². The third-order valence-electron chi connectivity index (χ3n) is 8.00. The average molecular weight is 812 g/mol. The Morgan fingerprint density at radius 1 is 0.717 bits per heavy atom. The smallest absolute Gasteiger partial charge is 0.280 e. The van der Waals surface area contributed by atoms with Gasteiger partial charge in [-0.1, -0.05) is 61.1 Å². The van der Waals surface area contributed by atoms with Crippen molar-refractivity contribution in [1.82, 2.24) is 9.97 Å². The monoisotopic (exact) mass is 810 g/mol. The number of thioether (sulfide) groups is 2. The first-order chi connectivity index (χ1) is 25.6. The number of halogens is 1. The highest BCUT2D eigenvalue weighted by molar-refractivity contribution is 7.99. The molecule has 0 saturated carbocycles. The molecule has 0 unspecified atom stereocenters. The normalized spacial score (nSPS) is 10.6. The summed E-state index contributed by atoms with van der Waals surface area (Å²) in [6.45, 7) is 3.75. The number of nitrogens with zero attached hydrogens (tertiary/aromatic N) is 2. The lowest BCUT2D eigenvalue weighted by atomic mass is 10.1. The third kappa shape index (κ3) is 12.1. The van der Waals surface area contributed by atoms with Gasteiger partial charge in [0.15, 0.2) is 27.5 Å². The summed E-state index contributed by atoms with van der Waals surface area (Å²) in [5, 5.41) is 9.96. The predicted octanol–water partition coefficient (Wildman–Crippen LogP) is 11.7. The van der Waals surface area contributed by atoms with E-state index in [9.17, 15) is 14.7 Å². The molecule has 0 aliphatic carbocycles. The van der Waals surface area contributed by atoms with Crippen LogP contribution in [-0.4, -0.2) is 53.4 Å². The highest BCUT2D eigenvalue weighted by Crippen LogP contribution is 2.39. The fourth-order valence-corrected chi connectivity index (χ4v) is 8.18. The van der Waals surface area contributed by atoms with Crippen LogP contribution in [0, 0.1) is 0 Å². The second-order valence-electron chi connectivity index (χ2n) is 11.4. The lowest BCUT2D eigenvalue weighted by Crippen LogP contribution is -1.98. The van der Waals surface area contributed by atoms with Crippen molar-refractivity contribution in [3.63, 3.8) is 0 Å². The van der Waals surface area contributed by atoms with Gasteiger partial charge in [0.1, 0.15) is 11.6 Å². The number of Topliss-reactive ketones (excluding diaryl/α,β-unsaturated/α-hetero) is 2. The van der Waals surface area contributed by atoms with Crippen LogP contribution in [0.5, 0.6) is 28.2 Å². The summed E-state index contributed by atoms with van der Waals surface area (Å²) in [5.41, 5.74) is 4.06. The molecule has 8 nitrogen and oxygen atoms in total. The van der Waals surface area contributed by atoms with Gasteiger partial charge in [0.25, 0.3) is 5.19 Å². The number of hydrogen-bond donors (Lipinski definition) is 1. The van der Waals surface area contributed by atoms with Crippen LogP contribution in [-0.2, 0) is 22.4 Å². The molecule has 1 N–H and O–H groups in total. The molecule has 0 bridgehead atoms. The minimum atomic E-state index is 0.128. The van der Waals surface area contributed by atoms with Crippen molar-refractivity contribution < 1.29 is 28.9 Å². The SMILES string of the molecule is CCC(=O)CCc1ccc(O)c(OC)c1.CCC(=O)CCc1ccc(Oc2nc3c(SC)cccc3s2)c(OC)c1.CSc1cccc2sc(Cl)nc12. The first-order valence-electron chi connectivity index (χ1n) is 16.9. The fourth-order valence-electron chi connectivity index (χ4n) is 5.02. The Kier molecular flexibility index (Phi) is 16.8. The number of aromatic hydroxyl groups is 1. The highest BCUT2D eigenvalue weighted by atomic mass is 35.5. The number of fused-ring (bicyclic) bond motifs is 2. The molecule has 0 fully saturated rings. The summed E-state index contributed by atoms with van der Waals surface area (Å²) in [6, 6.07) is 23.2. The van der Waals surface area contributed by atoms with E-state index in [0.29, 0.717) is 65.4 Å². The second kappa shape index (κ2) is 21.2. The van der Waals surface area contributed by atoms with E-state index < -0.39 is 0 Å². The lowest BCUT2D eigenvalue weighted by molar-refractivity contribution is -0.119. The molecular weight excluding hydrogens is 768 g/mol. The largest absolute Gasteiger partial charge is 0.504 e. The summed E-state index contributed by atoms with van der Waals surface area (Å²) >= 11 is 12.2. The van der Waals surface area contributed by atoms with E-state index in [0.717, 1.165) is 36.5 Å². The van der Waals surface area contributed by atoms with Gasteiger partial charge in [-0.25, -0.2) is 9.97 Å². The van der Waals surface area contributed by atoms with Gasteiger partial charge in [0.05, 0.1) is 34.7 Å². The van der Waals surface area contributed by atoms with Gasteiger partial charge in [-0.3, -0.25) is 9.59 Å². The van der Waals surface area contributed by atoms with Crippen molar-refractivity contribution in [3.05, 3.63) is 88.4 Å². The number of aryl methyl sites for hydroxylation is 2. The number of hydrogen-bond acceptors (Lipinski definition) is 12. The number of thiazole rings is 2. The summed E-state index contributed by atoms with van der Waals surface area (Å²) in [6.07, 6.45) is 7.75. The topological polar surface area (TPSA) is 108 Å². The molecule has 0 aliphatic heterocycles. The summed E-state index contributed by atoms with van der Waals surface area (Å²) in [7, 11) is 3.13. The number of rotatable bonds is 14. The molecule has 280 valence electrons. The number of benzene rings is 4. The summed E-state index contributed by atoms with van der Waals surface area (Å²) < 4.78 is 19.3. The zero-order valence-corrected chi connectivity index (χ0v) is 34.6. The maximum atomic E-state index is 11.5. The van der Waals surface area contributed by atoms with Gasteiger partial charge in [-0.15, -0.1) is 34.9 Å². The van der Waals surface area contributed by atoms with Gasteiger partial charge < -0.3 is 19.3 Å². The van der Waals surface area contributed by atoms with Crippen LogP contribution in [0.15, 0.2) is 82.6 Å². The van der Waals surface area contributed by atoms with E-state index in [4.69, 9.17) is 25.8 Å². The Balaban J connectivity index is 0.000000196. The van der Waals surface area contributed by atoms with Crippen LogP contribution in [0.2, 0.25) is 4.47 Å². The molecule has 0 aliphatic rings. The Morgan fingerprint density at radius 2 is 1.25 bits per heavy atom. The van der Waals surface area contributed by atoms with Gasteiger partial charge in [-0.05, 0) is 85.0 Å². The number of ether oxygens (including phenoxy) is 3. The Morgan fingerprint density at radius 3 is 1.79 bits per heavy atom. The van der Waals surface area contributed by atoms with Crippen molar-refractivity contribution in [2.45, 2.75) is 62.2 Å². The standard InChI is InChI=1S/C20H21NO3S2.C12H16O3.C8H6ClNS2/c1-4-14(22)10-8-13-9-11-15(16(12-13)23-2)24-20-21-19-17(25-3)6-5-7-18(19)26-20;1-3-10(13)6-4-9-5-7-11(14)12(8-9)15-2;1-11-5-3-2-4-6-7(5)10-8(9)12-6/h5-7,9,11-12H,4,8,10H2,1-3H3;5,7-8,14H,3-4,6H2,1-2H3;2-4H,1H3. The molecule has 0 radical (unpaired) electrons. The van der Waals surface area contributed by atoms with Crippen LogP contribution in [0.4, 0.5) is 0 Å². The average Bonchev–Trinajstić information content (AvgIpc) is 3.79. The molecule has 0 spiro atoms. The van der Waals surface area contributed by atoms with Crippen molar-refractivity contribution in [2.75, 3.05) is 26.7 Å². The van der Waals surface area contributed by atoms with Crippen LogP contribution in [0.1, 0.15) is 50.7 Å². The minimum Gasteiger partial charge on any atom is -0.504 e. The van der Waals surface area contributed by atoms with Crippen molar-refractivity contribution >= 4 is 89.8 Å². The maximum absolute atomic E-state index is 11.5. The molecular formula is C40H43ClN2O6S4. The molecule has 4 aromatic carbocycles. The maximum Gasteiger partial charge on any atom is 0.280 e. The van der Waals surface area contributed by atoms with Crippen LogP contribution in [0.3, 0.4) is 0 Å².